The van der Waals surface area contributed by atoms with E-state index < -0.39 is 5.97 Å². The Morgan fingerprint density at radius 3 is 2.61 bits per heavy atom. The molecule has 3 aliphatic rings. The molecule has 2 N–H and O–H groups in total. The highest BCUT2D eigenvalue weighted by atomic mass is 16.4. The second-order valence-electron chi connectivity index (χ2n) is 7.81. The van der Waals surface area contributed by atoms with Gasteiger partial charge < -0.3 is 15.7 Å². The number of hydrogen-bond donors (Lipinski definition) is 2. The second kappa shape index (κ2) is 7.85. The topological polar surface area (TPSA) is 80.5 Å². The van der Waals surface area contributed by atoms with E-state index in [0.717, 1.165) is 35.4 Å². The van der Waals surface area contributed by atoms with E-state index in [1.807, 2.05) is 18.2 Å². The van der Waals surface area contributed by atoms with Crippen LogP contribution in [0.5, 0.6) is 0 Å². The molecule has 1 amide bonds. The van der Waals surface area contributed by atoms with Gasteiger partial charge in [0.15, 0.2) is 0 Å². The molecule has 2 aromatic rings. The van der Waals surface area contributed by atoms with Crippen molar-refractivity contribution in [2.45, 2.75) is 6.42 Å². The molecule has 0 radical (unpaired) electrons. The Bertz CT molecular complexity index is 1200. The molecule has 0 aromatic heterocycles. The summed E-state index contributed by atoms with van der Waals surface area (Å²) in [4.78, 5) is 24.8. The summed E-state index contributed by atoms with van der Waals surface area (Å²) in [5.41, 5.74) is 6.57. The first kappa shape index (κ1) is 19.3. The van der Waals surface area contributed by atoms with Crippen molar-refractivity contribution >= 4 is 23.5 Å². The molecule has 1 atom stereocenters. The summed E-state index contributed by atoms with van der Waals surface area (Å²) in [6.07, 6.45) is 6.72. The van der Waals surface area contributed by atoms with E-state index in [9.17, 15) is 14.7 Å². The fourth-order valence-electron chi connectivity index (χ4n) is 4.46. The number of aromatic carboxylic acids is 1. The number of allylic oxidation sites excluding steroid dienone is 3. The summed E-state index contributed by atoms with van der Waals surface area (Å²) in [6, 6.07) is 16.9. The zero-order valence-electron chi connectivity index (χ0n) is 16.8. The van der Waals surface area contributed by atoms with Gasteiger partial charge in [-0.15, -0.1) is 13.1 Å². The summed E-state index contributed by atoms with van der Waals surface area (Å²) in [5, 5.41) is 17.1. The molecule has 0 spiro atoms. The van der Waals surface area contributed by atoms with Gasteiger partial charge in [-0.2, -0.15) is 0 Å². The monoisotopic (exact) mass is 409 g/mol. The lowest BCUT2D eigenvalue weighted by Gasteiger charge is -2.33. The summed E-state index contributed by atoms with van der Waals surface area (Å²) in [6.45, 7) is 1.35. The van der Waals surface area contributed by atoms with Crippen molar-refractivity contribution in [3.63, 3.8) is 0 Å². The van der Waals surface area contributed by atoms with Gasteiger partial charge in [0.05, 0.1) is 5.56 Å². The van der Waals surface area contributed by atoms with Gasteiger partial charge in [-0.3, -0.25) is 4.79 Å². The van der Waals surface area contributed by atoms with Crippen LogP contribution in [0.3, 0.4) is 0 Å². The number of hydrogen-bond acceptors (Lipinski definition) is 2. The molecule has 5 nitrogen and oxygen atoms in total. The van der Waals surface area contributed by atoms with E-state index in [4.69, 9.17) is 0 Å². The molecule has 2 bridgehead atoms. The van der Waals surface area contributed by atoms with Crippen LogP contribution >= 0.6 is 0 Å². The fraction of sp³-hybridized carbons (Fsp3) is 0.154. The molecule has 31 heavy (non-hydrogen) atoms. The SMILES string of the molecule is O=C1NC2=C[C@H](C=C(c3ccccc3)C3=C2C[N-]CC3)/C1=C\c1ccccc1C(=O)O. The van der Waals surface area contributed by atoms with Gasteiger partial charge in [0.1, 0.15) is 0 Å². The standard InChI is InChI=1S/C26H21N2O3/c29-25-22(12-17-8-4-5-9-19(17)26(30)31)18-13-21(16-6-2-1-3-7-16)20-10-11-27-15-23(20)24(14-18)28-25/h1-9,12-14,18H,10-11,15H2,(H,28,29)(H,30,31)/q-1/b22-12+/t18-/m0/s1. The van der Waals surface area contributed by atoms with Crippen LogP contribution in [0.15, 0.2) is 89.2 Å². The van der Waals surface area contributed by atoms with E-state index in [-0.39, 0.29) is 17.4 Å². The zero-order chi connectivity index (χ0) is 21.4. The summed E-state index contributed by atoms with van der Waals surface area (Å²) >= 11 is 0. The molecule has 2 heterocycles. The van der Waals surface area contributed by atoms with Crippen molar-refractivity contribution in [2.75, 3.05) is 13.1 Å². The lowest BCUT2D eigenvalue weighted by molar-refractivity contribution is -0.117. The minimum absolute atomic E-state index is 0.176. The van der Waals surface area contributed by atoms with Gasteiger partial charge in [0, 0.05) is 17.2 Å². The first-order chi connectivity index (χ1) is 15.1. The molecule has 2 aromatic carbocycles. The largest absolute Gasteiger partial charge is 0.658 e. The third-order valence-electron chi connectivity index (χ3n) is 5.95. The van der Waals surface area contributed by atoms with Crippen molar-refractivity contribution in [2.24, 2.45) is 5.92 Å². The second-order valence-corrected chi connectivity index (χ2v) is 7.81. The third kappa shape index (κ3) is 3.53. The number of amides is 1. The molecule has 2 aliphatic heterocycles. The molecule has 5 heteroatoms. The quantitative estimate of drug-likeness (QED) is 0.729. The van der Waals surface area contributed by atoms with E-state index in [1.54, 1.807) is 30.3 Å². The fourth-order valence-corrected chi connectivity index (χ4v) is 4.46. The number of carboxylic acids is 1. The normalized spacial score (nSPS) is 21.6. The molecular weight excluding hydrogens is 388 g/mol. The van der Waals surface area contributed by atoms with E-state index >= 15 is 0 Å². The van der Waals surface area contributed by atoms with Crippen molar-refractivity contribution in [1.82, 2.24) is 5.32 Å². The molecule has 5 rings (SSSR count). The zero-order valence-corrected chi connectivity index (χ0v) is 16.8. The maximum absolute atomic E-state index is 13.1. The van der Waals surface area contributed by atoms with Crippen LogP contribution in [0.25, 0.3) is 17.0 Å². The molecule has 0 fully saturated rings. The van der Waals surface area contributed by atoms with Gasteiger partial charge in [-0.1, -0.05) is 54.6 Å². The Labute approximate surface area is 180 Å². The Hall–Kier alpha value is -3.70. The molecular formula is C26H21N2O3-. The first-order valence-electron chi connectivity index (χ1n) is 10.3. The van der Waals surface area contributed by atoms with Crippen LogP contribution in [0.2, 0.25) is 0 Å². The summed E-state index contributed by atoms with van der Waals surface area (Å²) in [5.74, 6) is -1.47. The number of carboxylic acid groups (broad SMARTS) is 1. The Morgan fingerprint density at radius 2 is 1.81 bits per heavy atom. The maximum Gasteiger partial charge on any atom is 0.336 e. The van der Waals surface area contributed by atoms with Crippen LogP contribution in [0.1, 0.15) is 27.9 Å². The number of benzene rings is 2. The van der Waals surface area contributed by atoms with Crippen LogP contribution in [0, 0.1) is 5.92 Å². The summed E-state index contributed by atoms with van der Waals surface area (Å²) < 4.78 is 0. The Morgan fingerprint density at radius 1 is 1.03 bits per heavy atom. The highest BCUT2D eigenvalue weighted by Gasteiger charge is 2.31. The minimum Gasteiger partial charge on any atom is -0.658 e. The Balaban J connectivity index is 1.68. The van der Waals surface area contributed by atoms with Crippen LogP contribution in [0.4, 0.5) is 0 Å². The molecule has 0 saturated heterocycles. The highest BCUT2D eigenvalue weighted by Crippen LogP contribution is 2.41. The molecule has 0 saturated carbocycles. The van der Waals surface area contributed by atoms with Crippen molar-refractivity contribution in [3.8, 4) is 0 Å². The van der Waals surface area contributed by atoms with E-state index in [2.05, 4.69) is 34.9 Å². The highest BCUT2D eigenvalue weighted by molar-refractivity contribution is 6.04. The predicted octanol–water partition coefficient (Wildman–Crippen LogP) is 4.57. The Kier molecular flexibility index (Phi) is 4.88. The summed E-state index contributed by atoms with van der Waals surface area (Å²) in [7, 11) is 0. The van der Waals surface area contributed by atoms with Gasteiger partial charge in [-0.25, -0.2) is 4.79 Å². The van der Waals surface area contributed by atoms with Crippen molar-refractivity contribution in [1.29, 1.82) is 0 Å². The minimum atomic E-state index is -1.01. The van der Waals surface area contributed by atoms with E-state index in [0.29, 0.717) is 17.7 Å². The average Bonchev–Trinajstić information content (AvgIpc) is 2.93. The number of carbonyl (C=O) groups is 2. The lowest BCUT2D eigenvalue weighted by Crippen LogP contribution is -2.33. The smallest absolute Gasteiger partial charge is 0.336 e. The van der Waals surface area contributed by atoms with Crippen molar-refractivity contribution < 1.29 is 14.7 Å². The lowest BCUT2D eigenvalue weighted by atomic mass is 9.88. The number of carbonyl (C=O) groups excluding carboxylic acids is 1. The number of fused-ring (bicyclic) bond motifs is 2. The number of nitrogens with one attached hydrogen (secondary N) is 1. The van der Waals surface area contributed by atoms with Crippen LogP contribution in [-0.2, 0) is 4.79 Å². The van der Waals surface area contributed by atoms with Gasteiger partial charge in [0.2, 0.25) is 0 Å². The van der Waals surface area contributed by atoms with Gasteiger partial charge >= 0.3 is 5.97 Å². The predicted molar refractivity (Wildman–Crippen MR) is 120 cm³/mol. The average molecular weight is 409 g/mol. The van der Waals surface area contributed by atoms with E-state index in [1.165, 1.54) is 5.57 Å². The molecule has 0 unspecified atom stereocenters. The van der Waals surface area contributed by atoms with Gasteiger partial charge in [0.25, 0.3) is 5.91 Å². The van der Waals surface area contributed by atoms with Gasteiger partial charge in [-0.05, 0) is 52.5 Å². The number of nitrogens with zero attached hydrogens (tertiary/aromatic N) is 1. The molecule has 1 aliphatic carbocycles. The molecule has 154 valence electrons. The van der Waals surface area contributed by atoms with Crippen LogP contribution in [-0.4, -0.2) is 30.1 Å². The number of rotatable bonds is 3. The third-order valence-corrected chi connectivity index (χ3v) is 5.95. The van der Waals surface area contributed by atoms with Crippen molar-refractivity contribution in [3.05, 3.63) is 111 Å². The van der Waals surface area contributed by atoms with Crippen LogP contribution < -0.4 is 5.32 Å². The maximum atomic E-state index is 13.1. The first-order valence-corrected chi connectivity index (χ1v) is 10.3.